The third-order valence-electron chi connectivity index (χ3n) is 2.44. The molecule has 0 bridgehead atoms. The average molecular weight is 247 g/mol. The van der Waals surface area contributed by atoms with Gasteiger partial charge in [0.2, 0.25) is 0 Å². The molecule has 17 heavy (non-hydrogen) atoms. The normalized spacial score (nSPS) is 20.5. The molecule has 1 saturated heterocycles. The Bertz CT molecular complexity index is 375. The van der Waals surface area contributed by atoms with Crippen LogP contribution in [0.15, 0.2) is 24.3 Å². The van der Waals surface area contributed by atoms with Crippen LogP contribution in [0.3, 0.4) is 0 Å². The van der Waals surface area contributed by atoms with Gasteiger partial charge in [0, 0.05) is 13.0 Å². The summed E-state index contributed by atoms with van der Waals surface area (Å²) >= 11 is 0. The van der Waals surface area contributed by atoms with Crippen molar-refractivity contribution in [3.05, 3.63) is 29.8 Å². The minimum absolute atomic E-state index is 0.104. The van der Waals surface area contributed by atoms with Crippen LogP contribution in [0.1, 0.15) is 5.56 Å². The molecule has 1 N–H and O–H groups in total. The second-order valence-corrected chi connectivity index (χ2v) is 3.75. The first kappa shape index (κ1) is 12.2. The highest BCUT2D eigenvalue weighted by Crippen LogP contribution is 2.27. The number of ether oxygens (including phenoxy) is 2. The standard InChI is InChI=1S/C11H12F3NO2/c12-11(13,14)17-10-4-2-1-3-8(10)5-9-6-15-7-16-9/h1-4,9,15H,5-7H2. The van der Waals surface area contributed by atoms with E-state index in [1.807, 2.05) is 0 Å². The Balaban J connectivity index is 2.09. The lowest BCUT2D eigenvalue weighted by atomic mass is 10.1. The van der Waals surface area contributed by atoms with E-state index in [4.69, 9.17) is 4.74 Å². The highest BCUT2D eigenvalue weighted by Gasteiger charge is 2.32. The van der Waals surface area contributed by atoms with Crippen LogP contribution in [-0.4, -0.2) is 25.7 Å². The molecule has 3 nitrogen and oxygen atoms in total. The summed E-state index contributed by atoms with van der Waals surface area (Å²) in [5.41, 5.74) is 0.499. The monoisotopic (exact) mass is 247 g/mol. The van der Waals surface area contributed by atoms with Gasteiger partial charge in [-0.05, 0) is 11.6 Å². The second-order valence-electron chi connectivity index (χ2n) is 3.75. The van der Waals surface area contributed by atoms with E-state index in [1.54, 1.807) is 12.1 Å². The number of benzene rings is 1. The number of rotatable bonds is 3. The fourth-order valence-electron chi connectivity index (χ4n) is 1.73. The maximum atomic E-state index is 12.2. The lowest BCUT2D eigenvalue weighted by molar-refractivity contribution is -0.274. The molecule has 1 heterocycles. The van der Waals surface area contributed by atoms with Crippen molar-refractivity contribution >= 4 is 0 Å². The topological polar surface area (TPSA) is 30.5 Å². The molecule has 0 amide bonds. The van der Waals surface area contributed by atoms with Crippen molar-refractivity contribution < 1.29 is 22.6 Å². The maximum Gasteiger partial charge on any atom is 0.573 e. The van der Waals surface area contributed by atoms with Gasteiger partial charge in [0.15, 0.2) is 0 Å². The van der Waals surface area contributed by atoms with E-state index in [9.17, 15) is 13.2 Å². The molecular weight excluding hydrogens is 235 g/mol. The SMILES string of the molecule is FC(F)(F)Oc1ccccc1CC1CNCO1. The van der Waals surface area contributed by atoms with Gasteiger partial charge < -0.3 is 9.47 Å². The fraction of sp³-hybridized carbons (Fsp3) is 0.455. The van der Waals surface area contributed by atoms with Crippen molar-refractivity contribution in [1.29, 1.82) is 0 Å². The van der Waals surface area contributed by atoms with Gasteiger partial charge in [0.1, 0.15) is 5.75 Å². The molecular formula is C11H12F3NO2. The maximum absolute atomic E-state index is 12.2. The van der Waals surface area contributed by atoms with Gasteiger partial charge >= 0.3 is 6.36 Å². The number of hydrogen-bond acceptors (Lipinski definition) is 3. The minimum Gasteiger partial charge on any atom is -0.406 e. The Kier molecular flexibility index (Phi) is 3.54. The largest absolute Gasteiger partial charge is 0.573 e. The van der Waals surface area contributed by atoms with Crippen LogP contribution < -0.4 is 10.1 Å². The summed E-state index contributed by atoms with van der Waals surface area (Å²) in [6.45, 7) is 1.08. The summed E-state index contributed by atoms with van der Waals surface area (Å²) in [5, 5.41) is 2.98. The molecule has 94 valence electrons. The molecule has 0 aromatic heterocycles. The van der Waals surface area contributed by atoms with Gasteiger partial charge in [-0.25, -0.2) is 0 Å². The molecule has 1 aromatic rings. The van der Waals surface area contributed by atoms with E-state index >= 15 is 0 Å². The van der Waals surface area contributed by atoms with Crippen molar-refractivity contribution in [2.24, 2.45) is 0 Å². The first-order valence-corrected chi connectivity index (χ1v) is 5.20. The minimum atomic E-state index is -4.66. The second kappa shape index (κ2) is 4.93. The van der Waals surface area contributed by atoms with Crippen molar-refractivity contribution in [2.75, 3.05) is 13.3 Å². The van der Waals surface area contributed by atoms with Crippen LogP contribution in [0.2, 0.25) is 0 Å². The van der Waals surface area contributed by atoms with E-state index in [0.29, 0.717) is 25.3 Å². The van der Waals surface area contributed by atoms with Crippen LogP contribution in [0, 0.1) is 0 Å². The highest BCUT2D eigenvalue weighted by atomic mass is 19.4. The van der Waals surface area contributed by atoms with Gasteiger partial charge in [0.05, 0.1) is 12.8 Å². The molecule has 6 heteroatoms. The molecule has 1 fully saturated rings. The lowest BCUT2D eigenvalue weighted by Crippen LogP contribution is -2.20. The molecule has 0 spiro atoms. The number of para-hydroxylation sites is 1. The van der Waals surface area contributed by atoms with Crippen LogP contribution in [0.4, 0.5) is 13.2 Å². The first-order valence-electron chi connectivity index (χ1n) is 5.20. The van der Waals surface area contributed by atoms with Gasteiger partial charge in [0.25, 0.3) is 0 Å². The summed E-state index contributed by atoms with van der Waals surface area (Å²) in [4.78, 5) is 0. The fourth-order valence-corrected chi connectivity index (χ4v) is 1.73. The Hall–Kier alpha value is -1.27. The molecule has 2 rings (SSSR count). The Labute approximate surface area is 96.5 Å². The van der Waals surface area contributed by atoms with Crippen molar-refractivity contribution in [3.63, 3.8) is 0 Å². The Morgan fingerprint density at radius 1 is 1.35 bits per heavy atom. The van der Waals surface area contributed by atoms with E-state index < -0.39 is 6.36 Å². The average Bonchev–Trinajstić information content (AvgIpc) is 2.71. The Morgan fingerprint density at radius 2 is 2.12 bits per heavy atom. The van der Waals surface area contributed by atoms with Crippen LogP contribution in [-0.2, 0) is 11.2 Å². The molecule has 1 aliphatic rings. The summed E-state index contributed by atoms with van der Waals surface area (Å²) in [6, 6.07) is 6.12. The van der Waals surface area contributed by atoms with Gasteiger partial charge in [-0.2, -0.15) is 0 Å². The summed E-state index contributed by atoms with van der Waals surface area (Å²) in [5.74, 6) is -0.157. The molecule has 0 aliphatic carbocycles. The van der Waals surface area contributed by atoms with E-state index in [1.165, 1.54) is 12.1 Å². The third-order valence-corrected chi connectivity index (χ3v) is 2.44. The number of alkyl halides is 3. The van der Waals surface area contributed by atoms with Crippen molar-refractivity contribution in [2.45, 2.75) is 18.9 Å². The zero-order valence-electron chi connectivity index (χ0n) is 8.96. The predicted molar refractivity (Wildman–Crippen MR) is 54.6 cm³/mol. The molecule has 1 aliphatic heterocycles. The van der Waals surface area contributed by atoms with E-state index in [0.717, 1.165) is 0 Å². The van der Waals surface area contributed by atoms with Crippen LogP contribution in [0.25, 0.3) is 0 Å². The number of halogens is 3. The molecule has 1 unspecified atom stereocenters. The molecule has 0 radical (unpaired) electrons. The first-order chi connectivity index (χ1) is 8.04. The molecule has 0 saturated carbocycles. The van der Waals surface area contributed by atoms with E-state index in [2.05, 4.69) is 10.1 Å². The number of nitrogens with one attached hydrogen (secondary N) is 1. The quantitative estimate of drug-likeness (QED) is 0.887. The van der Waals surface area contributed by atoms with E-state index in [-0.39, 0.29) is 11.9 Å². The summed E-state index contributed by atoms with van der Waals surface area (Å²) in [6.07, 6.45) is -4.36. The highest BCUT2D eigenvalue weighted by molar-refractivity contribution is 5.34. The third kappa shape index (κ3) is 3.61. The zero-order chi connectivity index (χ0) is 12.3. The van der Waals surface area contributed by atoms with Gasteiger partial charge in [-0.15, -0.1) is 13.2 Å². The van der Waals surface area contributed by atoms with Crippen LogP contribution >= 0.6 is 0 Å². The summed E-state index contributed by atoms with van der Waals surface area (Å²) in [7, 11) is 0. The van der Waals surface area contributed by atoms with Gasteiger partial charge in [-0.1, -0.05) is 18.2 Å². The smallest absolute Gasteiger partial charge is 0.406 e. The Morgan fingerprint density at radius 3 is 2.76 bits per heavy atom. The number of hydrogen-bond donors (Lipinski definition) is 1. The van der Waals surface area contributed by atoms with Crippen molar-refractivity contribution in [1.82, 2.24) is 5.32 Å². The summed E-state index contributed by atoms with van der Waals surface area (Å²) < 4.78 is 45.8. The van der Waals surface area contributed by atoms with Gasteiger partial charge in [-0.3, -0.25) is 5.32 Å². The van der Waals surface area contributed by atoms with Crippen molar-refractivity contribution in [3.8, 4) is 5.75 Å². The molecule has 1 atom stereocenters. The zero-order valence-corrected chi connectivity index (χ0v) is 8.96. The van der Waals surface area contributed by atoms with Crippen LogP contribution in [0.5, 0.6) is 5.75 Å². The lowest BCUT2D eigenvalue weighted by Gasteiger charge is -2.15. The predicted octanol–water partition coefficient (Wildman–Crippen LogP) is 2.07. The molecule has 1 aromatic carbocycles.